The van der Waals surface area contributed by atoms with Crippen LogP contribution in [0, 0.1) is 13.8 Å². The lowest BCUT2D eigenvalue weighted by Gasteiger charge is -2.04. The van der Waals surface area contributed by atoms with Crippen molar-refractivity contribution >= 4 is 0 Å². The fourth-order valence-electron chi connectivity index (χ4n) is 2.95. The molecule has 1 saturated heterocycles. The Hall–Kier alpha value is -1.62. The van der Waals surface area contributed by atoms with Gasteiger partial charge < -0.3 is 10.3 Å². The Bertz CT molecular complexity index is 575. The van der Waals surface area contributed by atoms with Crippen LogP contribution in [0.3, 0.4) is 0 Å². The number of aromatic nitrogens is 4. The van der Waals surface area contributed by atoms with Gasteiger partial charge in [-0.2, -0.15) is 5.10 Å². The zero-order valence-corrected chi connectivity index (χ0v) is 11.8. The smallest absolute Gasteiger partial charge is 0.110 e. The highest BCUT2D eigenvalue weighted by Gasteiger charge is 2.21. The first-order valence-corrected chi connectivity index (χ1v) is 7.00. The second kappa shape index (κ2) is 4.81. The first-order chi connectivity index (χ1) is 9.20. The van der Waals surface area contributed by atoms with Crippen LogP contribution in [0.2, 0.25) is 0 Å². The summed E-state index contributed by atoms with van der Waals surface area (Å²) in [5.74, 6) is 1.62. The Balaban J connectivity index is 1.96. The molecule has 0 saturated carbocycles. The average Bonchev–Trinajstić information content (AvgIpc) is 3.08. The molecule has 3 heterocycles. The van der Waals surface area contributed by atoms with Crippen LogP contribution in [0.4, 0.5) is 0 Å². The molecule has 5 nitrogen and oxygen atoms in total. The van der Waals surface area contributed by atoms with E-state index in [1.807, 2.05) is 10.9 Å². The Morgan fingerprint density at radius 2 is 2.26 bits per heavy atom. The van der Waals surface area contributed by atoms with E-state index in [2.05, 4.69) is 41.2 Å². The lowest BCUT2D eigenvalue weighted by Crippen LogP contribution is -2.08. The van der Waals surface area contributed by atoms with Crippen LogP contribution in [0.15, 0.2) is 6.20 Å². The minimum absolute atomic E-state index is 0.524. The van der Waals surface area contributed by atoms with Crippen molar-refractivity contribution in [1.29, 1.82) is 0 Å². The van der Waals surface area contributed by atoms with E-state index in [1.165, 1.54) is 17.7 Å². The molecule has 1 atom stereocenters. The molecule has 1 unspecified atom stereocenters. The summed E-state index contributed by atoms with van der Waals surface area (Å²) in [5.41, 5.74) is 4.57. The van der Waals surface area contributed by atoms with Crippen LogP contribution >= 0.6 is 0 Å². The SMILES string of the molecule is CCn1nc(C)c(-c2cnc(C3CCNC3)[nH]2)c1C. The summed E-state index contributed by atoms with van der Waals surface area (Å²) in [4.78, 5) is 8.05. The Morgan fingerprint density at radius 1 is 1.42 bits per heavy atom. The molecule has 0 amide bonds. The van der Waals surface area contributed by atoms with E-state index in [1.54, 1.807) is 0 Å². The number of hydrogen-bond donors (Lipinski definition) is 2. The topological polar surface area (TPSA) is 58.5 Å². The van der Waals surface area contributed by atoms with Crippen molar-refractivity contribution in [2.45, 2.75) is 39.7 Å². The second-order valence-electron chi connectivity index (χ2n) is 5.23. The zero-order valence-electron chi connectivity index (χ0n) is 11.8. The Morgan fingerprint density at radius 3 is 2.89 bits per heavy atom. The molecule has 2 N–H and O–H groups in total. The monoisotopic (exact) mass is 259 g/mol. The molecule has 2 aromatic heterocycles. The highest BCUT2D eigenvalue weighted by Crippen LogP contribution is 2.28. The summed E-state index contributed by atoms with van der Waals surface area (Å²) in [6.07, 6.45) is 3.11. The molecular formula is C14H21N5. The molecular weight excluding hydrogens is 238 g/mol. The van der Waals surface area contributed by atoms with E-state index in [4.69, 9.17) is 0 Å². The van der Waals surface area contributed by atoms with Gasteiger partial charge in [-0.3, -0.25) is 4.68 Å². The summed E-state index contributed by atoms with van der Waals surface area (Å²) < 4.78 is 2.04. The molecule has 19 heavy (non-hydrogen) atoms. The first-order valence-electron chi connectivity index (χ1n) is 7.00. The number of nitrogens with one attached hydrogen (secondary N) is 2. The summed E-state index contributed by atoms with van der Waals surface area (Å²) >= 11 is 0. The number of hydrogen-bond acceptors (Lipinski definition) is 3. The lowest BCUT2D eigenvalue weighted by molar-refractivity contribution is 0.634. The maximum absolute atomic E-state index is 4.57. The molecule has 0 bridgehead atoms. The molecule has 102 valence electrons. The van der Waals surface area contributed by atoms with Gasteiger partial charge in [0, 0.05) is 30.3 Å². The van der Waals surface area contributed by atoms with Crippen LogP contribution in [-0.4, -0.2) is 32.8 Å². The van der Waals surface area contributed by atoms with Crippen LogP contribution in [-0.2, 0) is 6.54 Å². The van der Waals surface area contributed by atoms with Crippen molar-refractivity contribution < 1.29 is 0 Å². The van der Waals surface area contributed by atoms with Gasteiger partial charge in [0.15, 0.2) is 0 Å². The van der Waals surface area contributed by atoms with Gasteiger partial charge in [0.25, 0.3) is 0 Å². The van der Waals surface area contributed by atoms with Crippen LogP contribution < -0.4 is 5.32 Å². The summed E-state index contributed by atoms with van der Waals surface area (Å²) in [6.45, 7) is 9.32. The molecule has 0 radical (unpaired) electrons. The van der Waals surface area contributed by atoms with E-state index in [-0.39, 0.29) is 0 Å². The third kappa shape index (κ3) is 2.08. The maximum atomic E-state index is 4.57. The molecule has 1 aliphatic rings. The van der Waals surface area contributed by atoms with E-state index in [0.717, 1.165) is 36.8 Å². The molecule has 2 aromatic rings. The standard InChI is InChI=1S/C14H21N5/c1-4-19-10(3)13(9(2)18-19)12-8-16-14(17-12)11-5-6-15-7-11/h8,11,15H,4-7H2,1-3H3,(H,16,17). The Labute approximate surface area is 113 Å². The highest BCUT2D eigenvalue weighted by atomic mass is 15.3. The fourth-order valence-corrected chi connectivity index (χ4v) is 2.95. The number of rotatable bonds is 3. The summed E-state index contributed by atoms with van der Waals surface area (Å²) in [5, 5.41) is 7.95. The minimum atomic E-state index is 0.524. The summed E-state index contributed by atoms with van der Waals surface area (Å²) in [7, 11) is 0. The van der Waals surface area contributed by atoms with Crippen molar-refractivity contribution in [2.75, 3.05) is 13.1 Å². The number of aryl methyl sites for hydroxylation is 2. The number of imidazole rings is 1. The molecule has 1 aliphatic heterocycles. The third-order valence-electron chi connectivity index (χ3n) is 3.99. The van der Waals surface area contributed by atoms with Crippen LogP contribution in [0.5, 0.6) is 0 Å². The second-order valence-corrected chi connectivity index (χ2v) is 5.23. The normalized spacial score (nSPS) is 19.2. The Kier molecular flexibility index (Phi) is 3.14. The number of aromatic amines is 1. The average molecular weight is 259 g/mol. The highest BCUT2D eigenvalue weighted by molar-refractivity contribution is 5.64. The van der Waals surface area contributed by atoms with Crippen molar-refractivity contribution in [3.63, 3.8) is 0 Å². The zero-order chi connectivity index (χ0) is 13.4. The van der Waals surface area contributed by atoms with Gasteiger partial charge in [-0.25, -0.2) is 4.98 Å². The predicted octanol–water partition coefficient (Wildman–Crippen LogP) is 1.99. The van der Waals surface area contributed by atoms with Crippen molar-refractivity contribution in [3.8, 4) is 11.3 Å². The number of H-pyrrole nitrogens is 1. The van der Waals surface area contributed by atoms with Gasteiger partial charge in [-0.15, -0.1) is 0 Å². The molecule has 0 aromatic carbocycles. The third-order valence-corrected chi connectivity index (χ3v) is 3.99. The summed E-state index contributed by atoms with van der Waals surface area (Å²) in [6, 6.07) is 0. The molecule has 1 fully saturated rings. The quantitative estimate of drug-likeness (QED) is 0.886. The largest absolute Gasteiger partial charge is 0.342 e. The van der Waals surface area contributed by atoms with Gasteiger partial charge in [-0.05, 0) is 33.7 Å². The van der Waals surface area contributed by atoms with Crippen LogP contribution in [0.25, 0.3) is 11.3 Å². The van der Waals surface area contributed by atoms with Gasteiger partial charge in [0.1, 0.15) is 5.82 Å². The lowest BCUT2D eigenvalue weighted by atomic mass is 10.1. The van der Waals surface area contributed by atoms with Gasteiger partial charge in [0.2, 0.25) is 0 Å². The fraction of sp³-hybridized carbons (Fsp3) is 0.571. The van der Waals surface area contributed by atoms with Crippen molar-refractivity contribution in [2.24, 2.45) is 0 Å². The van der Waals surface area contributed by atoms with E-state index in [0.29, 0.717) is 5.92 Å². The van der Waals surface area contributed by atoms with Crippen molar-refractivity contribution in [1.82, 2.24) is 25.1 Å². The van der Waals surface area contributed by atoms with E-state index in [9.17, 15) is 0 Å². The molecule has 0 aliphatic carbocycles. The minimum Gasteiger partial charge on any atom is -0.342 e. The molecule has 3 rings (SSSR count). The first kappa shape index (κ1) is 12.4. The van der Waals surface area contributed by atoms with Gasteiger partial charge >= 0.3 is 0 Å². The van der Waals surface area contributed by atoms with E-state index < -0.39 is 0 Å². The predicted molar refractivity (Wildman–Crippen MR) is 75.2 cm³/mol. The van der Waals surface area contributed by atoms with E-state index >= 15 is 0 Å². The van der Waals surface area contributed by atoms with Crippen molar-refractivity contribution in [3.05, 3.63) is 23.4 Å². The van der Waals surface area contributed by atoms with Gasteiger partial charge in [0.05, 0.1) is 17.6 Å². The van der Waals surface area contributed by atoms with Gasteiger partial charge in [-0.1, -0.05) is 0 Å². The number of nitrogens with zero attached hydrogens (tertiary/aromatic N) is 3. The molecule has 5 heteroatoms. The maximum Gasteiger partial charge on any atom is 0.110 e. The molecule has 0 spiro atoms. The van der Waals surface area contributed by atoms with Crippen LogP contribution in [0.1, 0.15) is 36.5 Å².